The normalized spacial score (nSPS) is 18.9. The third kappa shape index (κ3) is 13.1. The quantitative estimate of drug-likeness (QED) is 0.259. The van der Waals surface area contributed by atoms with E-state index in [2.05, 4.69) is 20.4 Å². The minimum absolute atomic E-state index is 0.00816. The van der Waals surface area contributed by atoms with E-state index in [1.165, 1.54) is 19.3 Å². The molecule has 0 atom stereocenters. The Kier molecular flexibility index (Phi) is 15.0. The minimum atomic E-state index is 0.00816. The molecular formula is C37H55N5O3. The molecule has 2 heterocycles. The number of Topliss-reactive ketones (excluding diaryl/α,β-unsaturated/α-hetero) is 2. The van der Waals surface area contributed by atoms with Gasteiger partial charge in [0.2, 0.25) is 0 Å². The van der Waals surface area contributed by atoms with E-state index in [0.29, 0.717) is 24.9 Å². The predicted molar refractivity (Wildman–Crippen MR) is 182 cm³/mol. The van der Waals surface area contributed by atoms with Gasteiger partial charge in [-0.15, -0.1) is 0 Å². The number of piperidine rings is 2. The van der Waals surface area contributed by atoms with Crippen LogP contribution in [0.1, 0.15) is 104 Å². The highest BCUT2D eigenvalue weighted by atomic mass is 16.2. The fraction of sp³-hybridized carbons (Fsp3) is 0.595. The summed E-state index contributed by atoms with van der Waals surface area (Å²) in [6.45, 7) is 6.13. The summed E-state index contributed by atoms with van der Waals surface area (Å²) in [5.41, 5.74) is 7.51. The molecule has 2 aliphatic heterocycles. The maximum Gasteiger partial charge on any atom is 0.315 e. The monoisotopic (exact) mass is 617 g/mol. The Labute approximate surface area is 270 Å². The average molecular weight is 618 g/mol. The van der Waals surface area contributed by atoms with Crippen molar-refractivity contribution in [2.75, 3.05) is 39.3 Å². The van der Waals surface area contributed by atoms with Crippen LogP contribution in [0.3, 0.4) is 0 Å². The molecule has 5 rings (SSSR count). The van der Waals surface area contributed by atoms with Crippen LogP contribution in [0.25, 0.3) is 0 Å². The minimum Gasteiger partial charge on any atom is -0.335 e. The first kappa shape index (κ1) is 34.8. The number of nitrogens with one attached hydrogen (secondary N) is 2. The summed E-state index contributed by atoms with van der Waals surface area (Å²) in [6.07, 6.45) is 13.3. The highest BCUT2D eigenvalue weighted by Crippen LogP contribution is 2.18. The number of benzene rings is 2. The van der Waals surface area contributed by atoms with E-state index in [1.54, 1.807) is 0 Å². The van der Waals surface area contributed by atoms with Crippen molar-refractivity contribution in [3.05, 3.63) is 71.8 Å². The molecule has 0 bridgehead atoms. The standard InChI is InChI=1S/C22H33N3O2.C15H22N2O/c26-21(18-8-3-1-4-9-18)12-7-15-25-16-13-20(14-17-25)24-22(27)23-19-10-5-2-6-11-19;16-14-8-11-17(12-9-14)10-4-7-15(18)13-5-2-1-3-6-13/h1,3-4,8-9,19-20H,2,5-7,10-17H2,(H2,23,24,27);1-3,5-6,14H,4,7-12,16H2. The summed E-state index contributed by atoms with van der Waals surface area (Å²) in [7, 11) is 0. The second-order valence-corrected chi connectivity index (χ2v) is 13.0. The van der Waals surface area contributed by atoms with Crippen molar-refractivity contribution in [1.29, 1.82) is 0 Å². The molecular weight excluding hydrogens is 562 g/mol. The number of rotatable bonds is 12. The molecule has 8 heteroatoms. The van der Waals surface area contributed by atoms with Gasteiger partial charge in [0.15, 0.2) is 11.6 Å². The topological polar surface area (TPSA) is 108 Å². The average Bonchev–Trinajstić information content (AvgIpc) is 3.08. The second-order valence-electron chi connectivity index (χ2n) is 13.0. The lowest BCUT2D eigenvalue weighted by atomic mass is 9.96. The van der Waals surface area contributed by atoms with Gasteiger partial charge >= 0.3 is 6.03 Å². The van der Waals surface area contributed by atoms with Gasteiger partial charge in [0, 0.05) is 55.2 Å². The largest absolute Gasteiger partial charge is 0.335 e. The third-order valence-corrected chi connectivity index (χ3v) is 9.44. The van der Waals surface area contributed by atoms with Crippen LogP contribution in [0, 0.1) is 0 Å². The Morgan fingerprint density at radius 1 is 0.600 bits per heavy atom. The maximum atomic E-state index is 12.2. The van der Waals surface area contributed by atoms with Crippen LogP contribution in [-0.4, -0.2) is 84.8 Å². The van der Waals surface area contributed by atoms with Crippen molar-refractivity contribution in [3.63, 3.8) is 0 Å². The lowest BCUT2D eigenvalue weighted by Gasteiger charge is -2.33. The number of carbonyl (C=O) groups excluding carboxylic acids is 3. The maximum absolute atomic E-state index is 12.2. The first-order chi connectivity index (χ1) is 22.0. The van der Waals surface area contributed by atoms with Crippen molar-refractivity contribution in [3.8, 4) is 0 Å². The lowest BCUT2D eigenvalue weighted by molar-refractivity contribution is 0.0964. The number of amides is 2. The van der Waals surface area contributed by atoms with Crippen LogP contribution in [0.5, 0.6) is 0 Å². The number of carbonyl (C=O) groups is 3. The van der Waals surface area contributed by atoms with Crippen molar-refractivity contribution >= 4 is 17.6 Å². The first-order valence-corrected chi connectivity index (χ1v) is 17.4. The van der Waals surface area contributed by atoms with Crippen molar-refractivity contribution in [1.82, 2.24) is 20.4 Å². The molecule has 1 saturated carbocycles. The zero-order chi connectivity index (χ0) is 31.7. The van der Waals surface area contributed by atoms with Gasteiger partial charge in [-0.3, -0.25) is 9.59 Å². The van der Waals surface area contributed by atoms with Gasteiger partial charge < -0.3 is 26.2 Å². The van der Waals surface area contributed by atoms with Crippen LogP contribution in [0.15, 0.2) is 60.7 Å². The van der Waals surface area contributed by atoms with E-state index in [-0.39, 0.29) is 23.6 Å². The van der Waals surface area contributed by atoms with E-state index < -0.39 is 0 Å². The summed E-state index contributed by atoms with van der Waals surface area (Å²) in [6, 6.07) is 20.1. The molecule has 246 valence electrons. The fourth-order valence-electron chi connectivity index (χ4n) is 6.60. The molecule has 2 aromatic rings. The molecule has 8 nitrogen and oxygen atoms in total. The number of likely N-dealkylation sites (tertiary alicyclic amines) is 2. The van der Waals surface area contributed by atoms with Gasteiger partial charge in [-0.05, 0) is 77.5 Å². The molecule has 2 aromatic carbocycles. The molecule has 0 unspecified atom stereocenters. The SMILES string of the molecule is NC1CCN(CCCC(=O)c2ccccc2)CC1.O=C(NC1CCCCC1)NC1CCN(CCCC(=O)c2ccccc2)CC1. The molecule has 1 aliphatic carbocycles. The van der Waals surface area contributed by atoms with E-state index in [4.69, 9.17) is 5.73 Å². The predicted octanol–water partition coefficient (Wildman–Crippen LogP) is 5.82. The van der Waals surface area contributed by atoms with Crippen molar-refractivity contribution in [2.45, 2.75) is 102 Å². The van der Waals surface area contributed by atoms with Crippen LogP contribution < -0.4 is 16.4 Å². The summed E-state index contributed by atoms with van der Waals surface area (Å²) >= 11 is 0. The van der Waals surface area contributed by atoms with E-state index in [1.807, 2.05) is 60.7 Å². The van der Waals surface area contributed by atoms with Crippen LogP contribution in [0.2, 0.25) is 0 Å². The van der Waals surface area contributed by atoms with Gasteiger partial charge in [0.05, 0.1) is 0 Å². The van der Waals surface area contributed by atoms with Crippen LogP contribution in [-0.2, 0) is 0 Å². The van der Waals surface area contributed by atoms with Crippen LogP contribution >= 0.6 is 0 Å². The van der Waals surface area contributed by atoms with E-state index in [0.717, 1.165) is 102 Å². The molecule has 0 spiro atoms. The number of nitrogens with zero attached hydrogens (tertiary/aromatic N) is 2. The Hall–Kier alpha value is -3.07. The molecule has 4 N–H and O–H groups in total. The summed E-state index contributed by atoms with van der Waals surface area (Å²) in [4.78, 5) is 41.1. The van der Waals surface area contributed by atoms with Gasteiger partial charge in [-0.2, -0.15) is 0 Å². The second kappa shape index (κ2) is 19.4. The van der Waals surface area contributed by atoms with E-state index >= 15 is 0 Å². The third-order valence-electron chi connectivity index (χ3n) is 9.44. The molecule has 3 aliphatic rings. The molecule has 2 saturated heterocycles. The Balaban J connectivity index is 0.000000222. The number of urea groups is 1. The van der Waals surface area contributed by atoms with Crippen molar-refractivity contribution < 1.29 is 14.4 Å². The van der Waals surface area contributed by atoms with Gasteiger partial charge in [-0.1, -0.05) is 79.9 Å². The van der Waals surface area contributed by atoms with Crippen LogP contribution in [0.4, 0.5) is 4.79 Å². The number of hydrogen-bond donors (Lipinski definition) is 3. The molecule has 0 aromatic heterocycles. The Morgan fingerprint density at radius 2 is 1.02 bits per heavy atom. The highest BCUT2D eigenvalue weighted by Gasteiger charge is 2.22. The highest BCUT2D eigenvalue weighted by molar-refractivity contribution is 5.96. The summed E-state index contributed by atoms with van der Waals surface area (Å²) in [5, 5.41) is 6.29. The van der Waals surface area contributed by atoms with Gasteiger partial charge in [0.25, 0.3) is 0 Å². The molecule has 2 amide bonds. The zero-order valence-corrected chi connectivity index (χ0v) is 27.1. The smallest absolute Gasteiger partial charge is 0.315 e. The van der Waals surface area contributed by atoms with E-state index in [9.17, 15) is 14.4 Å². The first-order valence-electron chi connectivity index (χ1n) is 17.4. The molecule has 45 heavy (non-hydrogen) atoms. The Bertz CT molecular complexity index is 1140. The summed E-state index contributed by atoms with van der Waals surface area (Å²) in [5.74, 6) is 0.482. The number of hydrogen-bond acceptors (Lipinski definition) is 6. The van der Waals surface area contributed by atoms with Gasteiger partial charge in [-0.25, -0.2) is 4.79 Å². The lowest BCUT2D eigenvalue weighted by Crippen LogP contribution is -2.50. The molecule has 3 fully saturated rings. The Morgan fingerprint density at radius 3 is 1.49 bits per heavy atom. The zero-order valence-electron chi connectivity index (χ0n) is 27.1. The number of nitrogens with two attached hydrogens (primary N) is 1. The fourth-order valence-corrected chi connectivity index (χ4v) is 6.60. The number of ketones is 2. The summed E-state index contributed by atoms with van der Waals surface area (Å²) < 4.78 is 0. The van der Waals surface area contributed by atoms with Crippen molar-refractivity contribution in [2.24, 2.45) is 5.73 Å². The van der Waals surface area contributed by atoms with Gasteiger partial charge in [0.1, 0.15) is 0 Å². The molecule has 0 radical (unpaired) electrons.